The summed E-state index contributed by atoms with van der Waals surface area (Å²) in [5, 5.41) is 1.87. The third-order valence-electron chi connectivity index (χ3n) is 3.98. The van der Waals surface area contributed by atoms with Crippen molar-refractivity contribution in [3.8, 4) is 0 Å². The Morgan fingerprint density at radius 3 is 2.90 bits per heavy atom. The van der Waals surface area contributed by atoms with Crippen molar-refractivity contribution in [3.63, 3.8) is 0 Å². The summed E-state index contributed by atoms with van der Waals surface area (Å²) in [7, 11) is -3.28. The van der Waals surface area contributed by atoms with E-state index in [4.69, 9.17) is 4.74 Å². The van der Waals surface area contributed by atoms with E-state index >= 15 is 0 Å². The first kappa shape index (κ1) is 15.0. The molecule has 0 unspecified atom stereocenters. The standard InChI is InChI=1S/C13H18N2O4S2/c1-21(17,18)15-6-7-19-11-4-5-14(9-10(11)15)13(16)12-3-2-8-20-12/h2-3,8,10-11H,4-7,9H2,1H3/t10-,11-/m1/s1. The van der Waals surface area contributed by atoms with E-state index < -0.39 is 10.0 Å². The number of rotatable bonds is 2. The molecule has 3 heterocycles. The summed E-state index contributed by atoms with van der Waals surface area (Å²) in [6, 6.07) is 3.37. The molecule has 0 aliphatic carbocycles. The summed E-state index contributed by atoms with van der Waals surface area (Å²) >= 11 is 1.41. The van der Waals surface area contributed by atoms with Crippen LogP contribution in [-0.4, -0.2) is 68.2 Å². The van der Waals surface area contributed by atoms with Gasteiger partial charge < -0.3 is 9.64 Å². The number of amides is 1. The molecule has 2 aliphatic rings. The Labute approximate surface area is 128 Å². The van der Waals surface area contributed by atoms with Gasteiger partial charge >= 0.3 is 0 Å². The Kier molecular flexibility index (Phi) is 4.04. The smallest absolute Gasteiger partial charge is 0.263 e. The normalized spacial score (nSPS) is 27.4. The number of sulfonamides is 1. The molecule has 0 saturated carbocycles. The average Bonchev–Trinajstić information content (AvgIpc) is 2.98. The summed E-state index contributed by atoms with van der Waals surface area (Å²) < 4.78 is 31.0. The topological polar surface area (TPSA) is 66.9 Å². The third kappa shape index (κ3) is 2.98. The molecule has 0 radical (unpaired) electrons. The second kappa shape index (κ2) is 5.68. The molecule has 116 valence electrons. The van der Waals surface area contributed by atoms with Crippen LogP contribution in [0.1, 0.15) is 16.1 Å². The molecule has 1 amide bonds. The maximum Gasteiger partial charge on any atom is 0.263 e. The van der Waals surface area contributed by atoms with Crippen LogP contribution in [0, 0.1) is 0 Å². The van der Waals surface area contributed by atoms with E-state index in [0.29, 0.717) is 37.5 Å². The van der Waals surface area contributed by atoms with Gasteiger partial charge in [-0.25, -0.2) is 8.42 Å². The van der Waals surface area contributed by atoms with Gasteiger partial charge in [0.15, 0.2) is 0 Å². The van der Waals surface area contributed by atoms with Gasteiger partial charge in [-0.2, -0.15) is 4.31 Å². The van der Waals surface area contributed by atoms with E-state index in [2.05, 4.69) is 0 Å². The first-order chi connectivity index (χ1) is 9.97. The number of nitrogens with zero attached hydrogens (tertiary/aromatic N) is 2. The highest BCUT2D eigenvalue weighted by atomic mass is 32.2. The Morgan fingerprint density at radius 2 is 2.24 bits per heavy atom. The van der Waals surface area contributed by atoms with E-state index in [-0.39, 0.29) is 18.1 Å². The van der Waals surface area contributed by atoms with Gasteiger partial charge in [0.25, 0.3) is 5.91 Å². The van der Waals surface area contributed by atoms with Crippen molar-refractivity contribution in [3.05, 3.63) is 22.4 Å². The minimum Gasteiger partial charge on any atom is -0.375 e. The number of likely N-dealkylation sites (tertiary alicyclic amines) is 1. The van der Waals surface area contributed by atoms with Gasteiger partial charge in [0, 0.05) is 19.6 Å². The second-order valence-electron chi connectivity index (χ2n) is 5.37. The van der Waals surface area contributed by atoms with E-state index in [1.54, 1.807) is 11.0 Å². The van der Waals surface area contributed by atoms with Crippen molar-refractivity contribution in [1.29, 1.82) is 0 Å². The Balaban J connectivity index is 1.79. The number of piperidine rings is 1. The SMILES string of the molecule is CS(=O)(=O)N1CCO[C@@H]2CCN(C(=O)c3cccs3)C[C@H]21. The predicted octanol–water partition coefficient (Wildman–Crippen LogP) is 0.623. The van der Waals surface area contributed by atoms with Gasteiger partial charge in [0.2, 0.25) is 10.0 Å². The molecule has 21 heavy (non-hydrogen) atoms. The molecule has 0 aromatic carbocycles. The molecule has 1 aromatic rings. The maximum absolute atomic E-state index is 12.4. The lowest BCUT2D eigenvalue weighted by Crippen LogP contribution is -2.61. The van der Waals surface area contributed by atoms with Gasteiger partial charge in [-0.15, -0.1) is 11.3 Å². The second-order valence-corrected chi connectivity index (χ2v) is 8.25. The zero-order chi connectivity index (χ0) is 15.0. The number of ether oxygens (including phenoxy) is 1. The van der Waals surface area contributed by atoms with E-state index in [0.717, 1.165) is 0 Å². The fraction of sp³-hybridized carbons (Fsp3) is 0.615. The molecule has 6 nitrogen and oxygen atoms in total. The predicted molar refractivity (Wildman–Crippen MR) is 79.9 cm³/mol. The highest BCUT2D eigenvalue weighted by Gasteiger charge is 2.42. The zero-order valence-electron chi connectivity index (χ0n) is 11.8. The monoisotopic (exact) mass is 330 g/mol. The lowest BCUT2D eigenvalue weighted by atomic mass is 10.0. The van der Waals surface area contributed by atoms with Gasteiger partial charge in [-0.3, -0.25) is 4.79 Å². The minimum atomic E-state index is -3.28. The number of carbonyl (C=O) groups excluding carboxylic acids is 1. The van der Waals surface area contributed by atoms with E-state index in [1.165, 1.54) is 21.9 Å². The van der Waals surface area contributed by atoms with Crippen molar-refractivity contribution in [1.82, 2.24) is 9.21 Å². The molecule has 3 rings (SSSR count). The van der Waals surface area contributed by atoms with Crippen LogP contribution in [-0.2, 0) is 14.8 Å². The van der Waals surface area contributed by atoms with Crippen molar-refractivity contribution in [2.45, 2.75) is 18.6 Å². The molecule has 2 fully saturated rings. The molecule has 2 saturated heterocycles. The number of hydrogen-bond acceptors (Lipinski definition) is 5. The molecule has 2 aliphatic heterocycles. The molecule has 2 atom stereocenters. The van der Waals surface area contributed by atoms with E-state index in [9.17, 15) is 13.2 Å². The first-order valence-electron chi connectivity index (χ1n) is 6.88. The Hall–Kier alpha value is -0.960. The summed E-state index contributed by atoms with van der Waals surface area (Å²) in [6.07, 6.45) is 1.78. The van der Waals surface area contributed by atoms with Gasteiger partial charge in [-0.1, -0.05) is 6.07 Å². The highest BCUT2D eigenvalue weighted by Crippen LogP contribution is 2.26. The molecule has 0 spiro atoms. The van der Waals surface area contributed by atoms with Gasteiger partial charge in [0.1, 0.15) is 0 Å². The molecular weight excluding hydrogens is 312 g/mol. The summed E-state index contributed by atoms with van der Waals surface area (Å²) in [6.45, 7) is 1.79. The Bertz CT molecular complexity index is 614. The van der Waals surface area contributed by atoms with Crippen molar-refractivity contribution in [2.75, 3.05) is 32.5 Å². The van der Waals surface area contributed by atoms with Gasteiger partial charge in [0.05, 0.1) is 29.9 Å². The van der Waals surface area contributed by atoms with Gasteiger partial charge in [-0.05, 0) is 17.9 Å². The number of hydrogen-bond donors (Lipinski definition) is 0. The fourth-order valence-electron chi connectivity index (χ4n) is 2.99. The number of carbonyl (C=O) groups is 1. The van der Waals surface area contributed by atoms with Crippen molar-refractivity contribution >= 4 is 27.3 Å². The van der Waals surface area contributed by atoms with Crippen molar-refractivity contribution in [2.24, 2.45) is 0 Å². The van der Waals surface area contributed by atoms with Crippen LogP contribution in [0.3, 0.4) is 0 Å². The van der Waals surface area contributed by atoms with E-state index in [1.807, 2.05) is 11.4 Å². The summed E-state index contributed by atoms with van der Waals surface area (Å²) in [5.41, 5.74) is 0. The summed E-state index contributed by atoms with van der Waals surface area (Å²) in [5.74, 6) is -0.0255. The molecule has 8 heteroatoms. The van der Waals surface area contributed by atoms with Crippen molar-refractivity contribution < 1.29 is 17.9 Å². The number of thiophene rings is 1. The lowest BCUT2D eigenvalue weighted by Gasteiger charge is -2.45. The van der Waals surface area contributed by atoms with Crippen LogP contribution in [0.2, 0.25) is 0 Å². The molecule has 1 aromatic heterocycles. The van der Waals surface area contributed by atoms with Crippen LogP contribution >= 0.6 is 11.3 Å². The zero-order valence-corrected chi connectivity index (χ0v) is 13.4. The summed E-state index contributed by atoms with van der Waals surface area (Å²) in [4.78, 5) is 14.8. The quantitative estimate of drug-likeness (QED) is 0.797. The van der Waals surface area contributed by atoms with Crippen LogP contribution in [0.5, 0.6) is 0 Å². The highest BCUT2D eigenvalue weighted by molar-refractivity contribution is 7.88. The van der Waals surface area contributed by atoms with Crippen LogP contribution in [0.25, 0.3) is 0 Å². The van der Waals surface area contributed by atoms with Crippen LogP contribution in [0.4, 0.5) is 0 Å². The lowest BCUT2D eigenvalue weighted by molar-refractivity contribution is -0.0703. The fourth-order valence-corrected chi connectivity index (χ4v) is 4.78. The number of morpholine rings is 1. The molecular formula is C13H18N2O4S2. The minimum absolute atomic E-state index is 0.0255. The van der Waals surface area contributed by atoms with Crippen LogP contribution in [0.15, 0.2) is 17.5 Å². The Morgan fingerprint density at radius 1 is 1.43 bits per heavy atom. The largest absolute Gasteiger partial charge is 0.375 e. The average molecular weight is 330 g/mol. The first-order valence-corrected chi connectivity index (χ1v) is 9.61. The number of fused-ring (bicyclic) bond motifs is 1. The maximum atomic E-state index is 12.4. The third-order valence-corrected chi connectivity index (χ3v) is 6.14. The molecule has 0 N–H and O–H groups in total. The van der Waals surface area contributed by atoms with Crippen LogP contribution < -0.4 is 0 Å². The molecule has 0 bridgehead atoms.